The fourth-order valence-corrected chi connectivity index (χ4v) is 2.80. The van der Waals surface area contributed by atoms with Gasteiger partial charge in [0.2, 0.25) is 11.8 Å². The first kappa shape index (κ1) is 17.3. The van der Waals surface area contributed by atoms with Crippen LogP contribution in [0.5, 0.6) is 0 Å². The highest BCUT2D eigenvalue weighted by Crippen LogP contribution is 2.27. The van der Waals surface area contributed by atoms with Crippen molar-refractivity contribution in [1.82, 2.24) is 0 Å². The maximum absolute atomic E-state index is 12.5. The number of amides is 3. The Hall–Kier alpha value is -3.55. The van der Waals surface area contributed by atoms with E-state index in [0.29, 0.717) is 16.9 Å². The van der Waals surface area contributed by atoms with Gasteiger partial charge in [-0.15, -0.1) is 0 Å². The number of carbonyl (C=O) groups is 3. The highest BCUT2D eigenvalue weighted by Gasteiger charge is 2.30. The van der Waals surface area contributed by atoms with E-state index in [1.54, 1.807) is 25.1 Å². The maximum Gasteiger partial charge on any atom is 0.274 e. The summed E-state index contributed by atoms with van der Waals surface area (Å²) in [4.78, 5) is 47.7. The highest BCUT2D eigenvalue weighted by molar-refractivity contribution is 6.20. The molecule has 0 radical (unpaired) electrons. The van der Waals surface area contributed by atoms with Crippen LogP contribution in [0, 0.1) is 17.0 Å². The van der Waals surface area contributed by atoms with E-state index in [1.807, 2.05) is 0 Å². The second kappa shape index (κ2) is 6.75. The number of imide groups is 1. The van der Waals surface area contributed by atoms with Crippen LogP contribution < -0.4 is 10.2 Å². The molecule has 0 spiro atoms. The zero-order valence-electron chi connectivity index (χ0n) is 13.9. The Kier molecular flexibility index (Phi) is 4.49. The third kappa shape index (κ3) is 3.16. The number of hydrogen-bond acceptors (Lipinski definition) is 5. The molecule has 132 valence electrons. The van der Waals surface area contributed by atoms with E-state index in [9.17, 15) is 24.5 Å². The van der Waals surface area contributed by atoms with Crippen molar-refractivity contribution in [2.75, 3.05) is 10.2 Å². The molecule has 0 aromatic heterocycles. The van der Waals surface area contributed by atoms with E-state index in [0.717, 1.165) is 4.90 Å². The van der Waals surface area contributed by atoms with Crippen molar-refractivity contribution in [1.29, 1.82) is 0 Å². The monoisotopic (exact) mass is 353 g/mol. The molecule has 0 saturated carbocycles. The Labute approximate surface area is 148 Å². The molecule has 1 aliphatic heterocycles. The molecule has 1 fully saturated rings. The molecule has 3 amide bonds. The van der Waals surface area contributed by atoms with Gasteiger partial charge in [-0.05, 0) is 31.2 Å². The molecule has 8 heteroatoms. The predicted molar refractivity (Wildman–Crippen MR) is 94.0 cm³/mol. The number of rotatable bonds is 4. The minimum absolute atomic E-state index is 0.0928. The van der Waals surface area contributed by atoms with Gasteiger partial charge in [-0.25, -0.2) is 0 Å². The van der Waals surface area contributed by atoms with Gasteiger partial charge in [0.25, 0.3) is 11.6 Å². The molecule has 0 aliphatic carbocycles. The lowest BCUT2D eigenvalue weighted by Gasteiger charge is -2.15. The Balaban J connectivity index is 1.87. The van der Waals surface area contributed by atoms with E-state index >= 15 is 0 Å². The van der Waals surface area contributed by atoms with Gasteiger partial charge >= 0.3 is 0 Å². The normalized spacial score (nSPS) is 13.8. The number of benzene rings is 2. The van der Waals surface area contributed by atoms with Crippen molar-refractivity contribution < 1.29 is 19.3 Å². The molecule has 2 aromatic rings. The van der Waals surface area contributed by atoms with E-state index in [4.69, 9.17) is 0 Å². The van der Waals surface area contributed by atoms with Crippen molar-refractivity contribution in [2.45, 2.75) is 19.8 Å². The van der Waals surface area contributed by atoms with Crippen LogP contribution >= 0.6 is 0 Å². The van der Waals surface area contributed by atoms with E-state index in [1.165, 1.54) is 24.3 Å². The molecule has 2 aromatic carbocycles. The van der Waals surface area contributed by atoms with E-state index in [2.05, 4.69) is 5.32 Å². The second-order valence-corrected chi connectivity index (χ2v) is 5.83. The number of nitrogens with zero attached hydrogens (tertiary/aromatic N) is 2. The summed E-state index contributed by atoms with van der Waals surface area (Å²) >= 11 is 0. The maximum atomic E-state index is 12.5. The molecule has 8 nitrogen and oxygen atoms in total. The van der Waals surface area contributed by atoms with Crippen molar-refractivity contribution in [3.63, 3.8) is 0 Å². The van der Waals surface area contributed by atoms with Gasteiger partial charge in [-0.3, -0.25) is 29.4 Å². The van der Waals surface area contributed by atoms with Crippen LogP contribution in [-0.2, 0) is 9.59 Å². The zero-order valence-corrected chi connectivity index (χ0v) is 13.9. The van der Waals surface area contributed by atoms with Crippen LogP contribution in [0.15, 0.2) is 42.5 Å². The Morgan fingerprint density at radius 3 is 2.42 bits per heavy atom. The van der Waals surface area contributed by atoms with Crippen LogP contribution in [0.3, 0.4) is 0 Å². The summed E-state index contributed by atoms with van der Waals surface area (Å²) in [7, 11) is 0. The molecule has 3 rings (SSSR count). The average molecular weight is 353 g/mol. The van der Waals surface area contributed by atoms with Crippen LogP contribution in [0.2, 0.25) is 0 Å². The Morgan fingerprint density at radius 2 is 1.77 bits per heavy atom. The molecular weight excluding hydrogens is 338 g/mol. The summed E-state index contributed by atoms with van der Waals surface area (Å²) in [6.45, 7) is 1.55. The standard InChI is InChI=1S/C18H15N3O5/c1-11-14(6-3-7-15(11)21(25)26)19-18(24)12-4-2-5-13(10-12)20-16(22)8-9-17(20)23/h2-7,10H,8-9H2,1H3,(H,19,24). The fourth-order valence-electron chi connectivity index (χ4n) is 2.80. The number of nitrogens with one attached hydrogen (secondary N) is 1. The Morgan fingerprint density at radius 1 is 1.12 bits per heavy atom. The second-order valence-electron chi connectivity index (χ2n) is 5.83. The van der Waals surface area contributed by atoms with Crippen molar-refractivity contribution in [2.24, 2.45) is 0 Å². The number of hydrogen-bond donors (Lipinski definition) is 1. The average Bonchev–Trinajstić information content (AvgIpc) is 2.95. The van der Waals surface area contributed by atoms with Gasteiger partial charge in [-0.1, -0.05) is 12.1 Å². The first-order valence-electron chi connectivity index (χ1n) is 7.89. The summed E-state index contributed by atoms with van der Waals surface area (Å²) in [6, 6.07) is 10.5. The SMILES string of the molecule is Cc1c(NC(=O)c2cccc(N3C(=O)CCC3=O)c2)cccc1[N+](=O)[O-]. The molecule has 0 atom stereocenters. The molecule has 26 heavy (non-hydrogen) atoms. The number of anilines is 2. The quantitative estimate of drug-likeness (QED) is 0.516. The van der Waals surface area contributed by atoms with Crippen LogP contribution in [-0.4, -0.2) is 22.6 Å². The first-order valence-corrected chi connectivity index (χ1v) is 7.89. The molecular formula is C18H15N3O5. The van der Waals surface area contributed by atoms with Gasteiger partial charge in [0.15, 0.2) is 0 Å². The molecule has 1 aliphatic rings. The minimum atomic E-state index is -0.518. The van der Waals surface area contributed by atoms with Gasteiger partial charge in [-0.2, -0.15) is 0 Å². The highest BCUT2D eigenvalue weighted by atomic mass is 16.6. The lowest BCUT2D eigenvalue weighted by molar-refractivity contribution is -0.385. The van der Waals surface area contributed by atoms with Crippen LogP contribution in [0.25, 0.3) is 0 Å². The lowest BCUT2D eigenvalue weighted by Crippen LogP contribution is -2.28. The minimum Gasteiger partial charge on any atom is -0.321 e. The Bertz CT molecular complexity index is 922. The van der Waals surface area contributed by atoms with Crippen molar-refractivity contribution >= 4 is 34.8 Å². The summed E-state index contributed by atoms with van der Waals surface area (Å²) in [6.07, 6.45) is 0.310. The van der Waals surface area contributed by atoms with E-state index < -0.39 is 10.8 Å². The summed E-state index contributed by atoms with van der Waals surface area (Å²) in [5.41, 5.74) is 1.14. The zero-order chi connectivity index (χ0) is 18.8. The van der Waals surface area contributed by atoms with Crippen LogP contribution in [0.4, 0.5) is 17.1 Å². The topological polar surface area (TPSA) is 110 Å². The molecule has 0 unspecified atom stereocenters. The van der Waals surface area contributed by atoms with Gasteiger partial charge < -0.3 is 5.32 Å². The predicted octanol–water partition coefficient (Wildman–Crippen LogP) is 2.81. The third-order valence-electron chi connectivity index (χ3n) is 4.17. The van der Waals surface area contributed by atoms with Gasteiger partial charge in [0.1, 0.15) is 0 Å². The number of nitro groups is 1. The number of carbonyl (C=O) groups excluding carboxylic acids is 3. The lowest BCUT2D eigenvalue weighted by atomic mass is 10.1. The van der Waals surface area contributed by atoms with E-state index in [-0.39, 0.29) is 35.9 Å². The smallest absolute Gasteiger partial charge is 0.274 e. The van der Waals surface area contributed by atoms with Crippen molar-refractivity contribution in [3.8, 4) is 0 Å². The first-order chi connectivity index (χ1) is 12.4. The van der Waals surface area contributed by atoms with Crippen molar-refractivity contribution in [3.05, 3.63) is 63.7 Å². The summed E-state index contributed by atoms with van der Waals surface area (Å²) in [5.74, 6) is -1.10. The molecule has 1 saturated heterocycles. The third-order valence-corrected chi connectivity index (χ3v) is 4.17. The van der Waals surface area contributed by atoms with Crippen LogP contribution in [0.1, 0.15) is 28.8 Å². The molecule has 0 bridgehead atoms. The molecule has 1 heterocycles. The largest absolute Gasteiger partial charge is 0.321 e. The van der Waals surface area contributed by atoms with Gasteiger partial charge in [0.05, 0.1) is 21.9 Å². The summed E-state index contributed by atoms with van der Waals surface area (Å²) < 4.78 is 0. The molecule has 1 N–H and O–H groups in total. The van der Waals surface area contributed by atoms with Gasteiger partial charge in [0, 0.05) is 24.5 Å². The number of nitro benzene ring substituents is 1. The fraction of sp³-hybridized carbons (Fsp3) is 0.167. The summed E-state index contributed by atoms with van der Waals surface area (Å²) in [5, 5.41) is 13.6.